The van der Waals surface area contributed by atoms with Gasteiger partial charge < -0.3 is 9.32 Å². The van der Waals surface area contributed by atoms with Gasteiger partial charge >= 0.3 is 0 Å². The number of fused-ring (bicyclic) bond motifs is 3. The monoisotopic (exact) mass is 669 g/mol. The van der Waals surface area contributed by atoms with E-state index in [9.17, 15) is 0 Å². The molecule has 2 nitrogen and oxygen atoms in total. The number of hydrogen-bond donors (Lipinski definition) is 0. The van der Waals surface area contributed by atoms with Gasteiger partial charge in [0.15, 0.2) is 0 Å². The van der Waals surface area contributed by atoms with E-state index in [0.717, 1.165) is 34.0 Å². The first-order valence-electron chi connectivity index (χ1n) is 18.0. The standard InChI is InChI=1S/C50H39NO/c1-50(2,3)48-46-21-8-9-24-47(46)52-49(48)38-17-10-18-41(33-38)51(39-29-25-36(26-30-39)44-22-11-15-34-13-4-6-19-42(34)44)40-31-27-37(28-32-40)45-23-12-16-35-14-5-7-20-43(35)45/h4-33H,1-3H3. The minimum Gasteiger partial charge on any atom is -0.456 e. The molecule has 0 unspecified atom stereocenters. The van der Waals surface area contributed by atoms with Crippen molar-refractivity contribution in [2.75, 3.05) is 4.90 Å². The van der Waals surface area contributed by atoms with E-state index in [2.05, 4.69) is 202 Å². The number of anilines is 3. The predicted molar refractivity (Wildman–Crippen MR) is 221 cm³/mol. The van der Waals surface area contributed by atoms with Crippen LogP contribution in [0, 0.1) is 0 Å². The average Bonchev–Trinajstić information content (AvgIpc) is 3.59. The van der Waals surface area contributed by atoms with Crippen molar-refractivity contribution < 1.29 is 4.42 Å². The highest BCUT2D eigenvalue weighted by atomic mass is 16.3. The molecule has 0 aliphatic rings. The quantitative estimate of drug-likeness (QED) is 0.175. The minimum atomic E-state index is -0.105. The van der Waals surface area contributed by atoms with Crippen molar-refractivity contribution in [2.45, 2.75) is 26.2 Å². The number of para-hydroxylation sites is 1. The van der Waals surface area contributed by atoms with Crippen LogP contribution in [-0.4, -0.2) is 0 Å². The Kier molecular flexibility index (Phi) is 7.74. The van der Waals surface area contributed by atoms with E-state index in [1.54, 1.807) is 0 Å². The number of furan rings is 1. The van der Waals surface area contributed by atoms with Gasteiger partial charge in [0.1, 0.15) is 11.3 Å². The maximum Gasteiger partial charge on any atom is 0.139 e. The first-order valence-corrected chi connectivity index (χ1v) is 18.0. The lowest BCUT2D eigenvalue weighted by Crippen LogP contribution is -2.12. The van der Waals surface area contributed by atoms with E-state index in [0.29, 0.717) is 0 Å². The summed E-state index contributed by atoms with van der Waals surface area (Å²) in [6.45, 7) is 6.79. The molecule has 0 aliphatic carbocycles. The Morgan fingerprint density at radius 2 is 0.885 bits per heavy atom. The van der Waals surface area contributed by atoms with E-state index in [4.69, 9.17) is 4.42 Å². The van der Waals surface area contributed by atoms with E-state index >= 15 is 0 Å². The second-order valence-corrected chi connectivity index (χ2v) is 14.6. The van der Waals surface area contributed by atoms with Crippen molar-refractivity contribution >= 4 is 49.6 Å². The molecule has 0 bridgehead atoms. The summed E-state index contributed by atoms with van der Waals surface area (Å²) in [5, 5.41) is 6.17. The van der Waals surface area contributed by atoms with Crippen LogP contribution in [0.5, 0.6) is 0 Å². The highest BCUT2D eigenvalue weighted by Gasteiger charge is 2.26. The van der Waals surface area contributed by atoms with E-state index in [1.165, 1.54) is 54.7 Å². The fraction of sp³-hybridized carbons (Fsp3) is 0.0800. The molecule has 0 aliphatic heterocycles. The molecule has 0 atom stereocenters. The Morgan fingerprint density at radius 1 is 0.404 bits per heavy atom. The van der Waals surface area contributed by atoms with Crippen LogP contribution in [-0.2, 0) is 5.41 Å². The van der Waals surface area contributed by atoms with Crippen LogP contribution in [0.15, 0.2) is 186 Å². The molecule has 1 aromatic heterocycles. The van der Waals surface area contributed by atoms with Crippen molar-refractivity contribution in [1.29, 1.82) is 0 Å². The largest absolute Gasteiger partial charge is 0.456 e. The van der Waals surface area contributed by atoms with Crippen LogP contribution >= 0.6 is 0 Å². The Balaban J connectivity index is 1.18. The molecule has 0 N–H and O–H groups in total. The first-order chi connectivity index (χ1) is 25.4. The summed E-state index contributed by atoms with van der Waals surface area (Å²) < 4.78 is 6.64. The molecule has 9 aromatic rings. The predicted octanol–water partition coefficient (Wildman–Crippen LogP) is 14.5. The molecule has 0 saturated heterocycles. The molecule has 0 saturated carbocycles. The third kappa shape index (κ3) is 5.63. The Morgan fingerprint density at radius 3 is 1.44 bits per heavy atom. The van der Waals surface area contributed by atoms with Crippen LogP contribution in [0.2, 0.25) is 0 Å². The summed E-state index contributed by atoms with van der Waals surface area (Å²) >= 11 is 0. The molecule has 0 amide bonds. The fourth-order valence-corrected chi connectivity index (χ4v) is 7.76. The molecular weight excluding hydrogens is 631 g/mol. The molecule has 9 rings (SSSR count). The number of nitrogens with zero attached hydrogens (tertiary/aromatic N) is 1. The van der Waals surface area contributed by atoms with Gasteiger partial charge in [-0.25, -0.2) is 0 Å². The highest BCUT2D eigenvalue weighted by Crippen LogP contribution is 2.44. The highest BCUT2D eigenvalue weighted by molar-refractivity contribution is 5.98. The summed E-state index contributed by atoms with van der Waals surface area (Å²) in [6.07, 6.45) is 0. The van der Waals surface area contributed by atoms with Crippen LogP contribution in [0.1, 0.15) is 26.3 Å². The molecule has 2 heteroatoms. The van der Waals surface area contributed by atoms with Crippen LogP contribution < -0.4 is 4.90 Å². The van der Waals surface area contributed by atoms with Gasteiger partial charge in [0, 0.05) is 33.6 Å². The number of benzene rings is 8. The van der Waals surface area contributed by atoms with Crippen molar-refractivity contribution in [3.05, 3.63) is 188 Å². The minimum absolute atomic E-state index is 0.105. The SMILES string of the molecule is CC(C)(C)c1c(-c2cccc(N(c3ccc(-c4cccc5ccccc45)cc3)c3ccc(-c4cccc5ccccc45)cc3)c2)oc2ccccc12. The van der Waals surface area contributed by atoms with Gasteiger partial charge in [-0.3, -0.25) is 0 Å². The Labute approximate surface area is 305 Å². The maximum atomic E-state index is 6.64. The summed E-state index contributed by atoms with van der Waals surface area (Å²) in [5.41, 5.74) is 11.2. The van der Waals surface area contributed by atoms with E-state index in [-0.39, 0.29) is 5.41 Å². The maximum absolute atomic E-state index is 6.64. The Bertz CT molecular complexity index is 2580. The first kappa shape index (κ1) is 31.6. The van der Waals surface area contributed by atoms with Crippen LogP contribution in [0.3, 0.4) is 0 Å². The molecule has 0 radical (unpaired) electrons. The molecule has 8 aromatic carbocycles. The van der Waals surface area contributed by atoms with Gasteiger partial charge in [-0.05, 0) is 91.7 Å². The van der Waals surface area contributed by atoms with Crippen molar-refractivity contribution in [3.63, 3.8) is 0 Å². The third-order valence-corrected chi connectivity index (χ3v) is 10.2. The number of hydrogen-bond acceptors (Lipinski definition) is 2. The summed E-state index contributed by atoms with van der Waals surface area (Å²) in [7, 11) is 0. The van der Waals surface area contributed by atoms with Gasteiger partial charge in [-0.15, -0.1) is 0 Å². The zero-order valence-corrected chi connectivity index (χ0v) is 29.7. The van der Waals surface area contributed by atoms with Gasteiger partial charge in [-0.1, -0.05) is 160 Å². The summed E-state index contributed by atoms with van der Waals surface area (Å²) in [6, 6.07) is 65.4. The molecule has 52 heavy (non-hydrogen) atoms. The normalized spacial score (nSPS) is 11.8. The lowest BCUT2D eigenvalue weighted by atomic mass is 9.83. The van der Waals surface area contributed by atoms with Crippen LogP contribution in [0.25, 0.3) is 66.1 Å². The van der Waals surface area contributed by atoms with Crippen molar-refractivity contribution in [1.82, 2.24) is 0 Å². The van der Waals surface area contributed by atoms with E-state index in [1.807, 2.05) is 6.07 Å². The average molecular weight is 670 g/mol. The molecule has 0 fully saturated rings. The van der Waals surface area contributed by atoms with Gasteiger partial charge in [-0.2, -0.15) is 0 Å². The van der Waals surface area contributed by atoms with E-state index < -0.39 is 0 Å². The fourth-order valence-electron chi connectivity index (χ4n) is 7.76. The second-order valence-electron chi connectivity index (χ2n) is 14.6. The molecule has 0 spiro atoms. The van der Waals surface area contributed by atoms with Crippen molar-refractivity contribution in [3.8, 4) is 33.6 Å². The Hall–Kier alpha value is -6.38. The molecular formula is C50H39NO. The van der Waals surface area contributed by atoms with Gasteiger partial charge in [0.25, 0.3) is 0 Å². The topological polar surface area (TPSA) is 16.4 Å². The smallest absolute Gasteiger partial charge is 0.139 e. The summed E-state index contributed by atoms with van der Waals surface area (Å²) in [4.78, 5) is 2.35. The zero-order chi connectivity index (χ0) is 35.2. The van der Waals surface area contributed by atoms with Crippen LogP contribution in [0.4, 0.5) is 17.1 Å². The lowest BCUT2D eigenvalue weighted by molar-refractivity contribution is 0.568. The van der Waals surface area contributed by atoms with Gasteiger partial charge in [0.2, 0.25) is 0 Å². The second kappa shape index (κ2) is 12.7. The van der Waals surface area contributed by atoms with Crippen molar-refractivity contribution in [2.24, 2.45) is 0 Å². The third-order valence-electron chi connectivity index (χ3n) is 10.2. The zero-order valence-electron chi connectivity index (χ0n) is 29.7. The number of rotatable bonds is 6. The molecule has 250 valence electrons. The summed E-state index contributed by atoms with van der Waals surface area (Å²) in [5.74, 6) is 0.924. The molecule has 1 heterocycles. The van der Waals surface area contributed by atoms with Gasteiger partial charge in [0.05, 0.1) is 0 Å². The lowest BCUT2D eigenvalue weighted by Gasteiger charge is -2.27.